The van der Waals surface area contributed by atoms with Crippen molar-refractivity contribution in [3.05, 3.63) is 11.8 Å². The molecule has 0 atom stereocenters. The molecule has 110 valence electrons. The van der Waals surface area contributed by atoms with Gasteiger partial charge in [-0.3, -0.25) is 0 Å². The number of carbonyl (C=O) groups excluding carboxylic acids is 1. The van der Waals surface area contributed by atoms with Gasteiger partial charge in [-0.25, -0.2) is 4.79 Å². The van der Waals surface area contributed by atoms with E-state index in [4.69, 9.17) is 4.74 Å². The van der Waals surface area contributed by atoms with Gasteiger partial charge in [0.15, 0.2) is 0 Å². The predicted octanol–water partition coefficient (Wildman–Crippen LogP) is 2.35. The Morgan fingerprint density at radius 1 is 1.32 bits per heavy atom. The molecule has 0 unspecified atom stereocenters. The van der Waals surface area contributed by atoms with Crippen LogP contribution in [0.1, 0.15) is 54.4 Å². The Bertz CT molecular complexity index is 343. The molecule has 0 bridgehead atoms. The van der Waals surface area contributed by atoms with E-state index in [-0.39, 0.29) is 17.0 Å². The fraction of sp³-hybridized carbons (Fsp3) is 0.800. The molecule has 4 heteroatoms. The van der Waals surface area contributed by atoms with Crippen LogP contribution in [0.3, 0.4) is 0 Å². The summed E-state index contributed by atoms with van der Waals surface area (Å²) in [5.74, 6) is -0.278. The quantitative estimate of drug-likeness (QED) is 0.607. The van der Waals surface area contributed by atoms with Gasteiger partial charge in [-0.1, -0.05) is 0 Å². The molecular formula is C15H28N2O2. The average Bonchev–Trinajstić information content (AvgIpc) is 2.10. The summed E-state index contributed by atoms with van der Waals surface area (Å²) in [4.78, 5) is 11.4. The Morgan fingerprint density at radius 2 is 1.84 bits per heavy atom. The van der Waals surface area contributed by atoms with E-state index >= 15 is 0 Å². The maximum atomic E-state index is 11.4. The number of esters is 1. The normalized spacial score (nSPS) is 22.9. The van der Waals surface area contributed by atoms with Gasteiger partial charge in [-0.2, -0.15) is 0 Å². The number of nitrogens with one attached hydrogen (secondary N) is 2. The second-order valence-corrected chi connectivity index (χ2v) is 6.72. The third kappa shape index (κ3) is 5.64. The minimum absolute atomic E-state index is 0.101. The lowest BCUT2D eigenvalue weighted by Gasteiger charge is -2.47. The predicted molar refractivity (Wildman–Crippen MR) is 77.8 cm³/mol. The lowest BCUT2D eigenvalue weighted by Crippen LogP contribution is -2.61. The van der Waals surface area contributed by atoms with Gasteiger partial charge in [-0.05, 0) is 54.4 Å². The number of allylic oxidation sites excluding steroid dienone is 1. The van der Waals surface area contributed by atoms with Crippen molar-refractivity contribution in [3.63, 3.8) is 0 Å². The number of ether oxygens (including phenoxy) is 1. The minimum atomic E-state index is -0.278. The number of piperidine rings is 1. The second-order valence-electron chi connectivity index (χ2n) is 6.72. The highest BCUT2D eigenvalue weighted by Gasteiger charge is 2.37. The zero-order chi connectivity index (χ0) is 14.7. The molecule has 4 nitrogen and oxygen atoms in total. The van der Waals surface area contributed by atoms with Crippen LogP contribution in [0, 0.1) is 0 Å². The van der Waals surface area contributed by atoms with Crippen molar-refractivity contribution < 1.29 is 9.53 Å². The Balaban J connectivity index is 2.63. The SMILES string of the molecule is CCOC(=O)C=C(C)NC1CC(C)(C)NC(C)(C)C1. The van der Waals surface area contributed by atoms with Crippen LogP contribution >= 0.6 is 0 Å². The Morgan fingerprint density at radius 3 is 2.32 bits per heavy atom. The summed E-state index contributed by atoms with van der Waals surface area (Å²) in [6, 6.07) is 0.372. The first kappa shape index (κ1) is 16.0. The summed E-state index contributed by atoms with van der Waals surface area (Å²) in [5, 5.41) is 7.08. The highest BCUT2D eigenvalue weighted by atomic mass is 16.5. The summed E-state index contributed by atoms with van der Waals surface area (Å²) < 4.78 is 4.92. The van der Waals surface area contributed by atoms with Crippen LogP contribution in [0.5, 0.6) is 0 Å². The Labute approximate surface area is 117 Å². The van der Waals surface area contributed by atoms with Crippen LogP contribution in [-0.4, -0.2) is 29.7 Å². The maximum absolute atomic E-state index is 11.4. The van der Waals surface area contributed by atoms with E-state index in [0.29, 0.717) is 12.6 Å². The molecule has 0 aromatic heterocycles. The van der Waals surface area contributed by atoms with Crippen LogP contribution in [0.25, 0.3) is 0 Å². The fourth-order valence-corrected chi connectivity index (χ4v) is 3.15. The van der Waals surface area contributed by atoms with Gasteiger partial charge in [-0.15, -0.1) is 0 Å². The molecular weight excluding hydrogens is 240 g/mol. The minimum Gasteiger partial charge on any atom is -0.463 e. The van der Waals surface area contributed by atoms with E-state index in [1.165, 1.54) is 6.08 Å². The van der Waals surface area contributed by atoms with Crippen molar-refractivity contribution in [1.29, 1.82) is 0 Å². The van der Waals surface area contributed by atoms with Crippen molar-refractivity contribution >= 4 is 5.97 Å². The first-order chi connectivity index (χ1) is 8.63. The molecule has 0 saturated carbocycles. The van der Waals surface area contributed by atoms with Crippen molar-refractivity contribution in [2.75, 3.05) is 6.61 Å². The third-order valence-corrected chi connectivity index (χ3v) is 3.24. The largest absolute Gasteiger partial charge is 0.463 e. The van der Waals surface area contributed by atoms with E-state index in [2.05, 4.69) is 38.3 Å². The van der Waals surface area contributed by atoms with Crippen molar-refractivity contribution in [1.82, 2.24) is 10.6 Å². The lowest BCUT2D eigenvalue weighted by molar-refractivity contribution is -0.137. The van der Waals surface area contributed by atoms with Crippen LogP contribution in [0.2, 0.25) is 0 Å². The number of hydrogen-bond acceptors (Lipinski definition) is 4. The summed E-state index contributed by atoms with van der Waals surface area (Å²) in [5.41, 5.74) is 1.07. The van der Waals surface area contributed by atoms with E-state index in [9.17, 15) is 4.79 Å². The molecule has 0 aromatic rings. The molecule has 0 amide bonds. The zero-order valence-electron chi connectivity index (χ0n) is 13.1. The summed E-state index contributed by atoms with van der Waals surface area (Å²) in [6.07, 6.45) is 3.60. The number of rotatable bonds is 4. The first-order valence-electron chi connectivity index (χ1n) is 7.04. The molecule has 0 aromatic carbocycles. The van der Waals surface area contributed by atoms with Crippen LogP contribution < -0.4 is 10.6 Å². The Kier molecular flexibility index (Phi) is 5.02. The molecule has 19 heavy (non-hydrogen) atoms. The summed E-state index contributed by atoms with van der Waals surface area (Å²) >= 11 is 0. The van der Waals surface area contributed by atoms with Crippen LogP contribution in [0.4, 0.5) is 0 Å². The average molecular weight is 268 g/mol. The zero-order valence-corrected chi connectivity index (χ0v) is 13.1. The molecule has 0 radical (unpaired) electrons. The molecule has 1 rings (SSSR count). The molecule has 0 aliphatic carbocycles. The second kappa shape index (κ2) is 5.95. The molecule has 1 fully saturated rings. The summed E-state index contributed by atoms with van der Waals surface area (Å²) in [6.45, 7) is 13.0. The van der Waals surface area contributed by atoms with Gasteiger partial charge in [0, 0.05) is 28.9 Å². The van der Waals surface area contributed by atoms with Gasteiger partial charge in [0.25, 0.3) is 0 Å². The van der Waals surface area contributed by atoms with Gasteiger partial charge in [0.05, 0.1) is 6.61 Å². The smallest absolute Gasteiger partial charge is 0.332 e. The molecule has 1 aliphatic rings. The molecule has 1 heterocycles. The monoisotopic (exact) mass is 268 g/mol. The summed E-state index contributed by atoms with van der Waals surface area (Å²) in [7, 11) is 0. The highest BCUT2D eigenvalue weighted by Crippen LogP contribution is 2.28. The Hall–Kier alpha value is -1.03. The van der Waals surface area contributed by atoms with Crippen LogP contribution in [0.15, 0.2) is 11.8 Å². The van der Waals surface area contributed by atoms with Gasteiger partial charge >= 0.3 is 5.97 Å². The maximum Gasteiger partial charge on any atom is 0.332 e. The first-order valence-corrected chi connectivity index (χ1v) is 7.04. The number of hydrogen-bond donors (Lipinski definition) is 2. The molecule has 0 spiro atoms. The standard InChI is InChI=1S/C15H28N2O2/c1-7-19-13(18)8-11(2)16-12-9-14(3,4)17-15(5,6)10-12/h8,12,16-17H,7,9-10H2,1-6H3. The van der Waals surface area contributed by atoms with Crippen LogP contribution in [-0.2, 0) is 9.53 Å². The molecule has 2 N–H and O–H groups in total. The van der Waals surface area contributed by atoms with E-state index in [1.54, 1.807) is 0 Å². The van der Waals surface area contributed by atoms with E-state index < -0.39 is 0 Å². The van der Waals surface area contributed by atoms with Crippen molar-refractivity contribution in [3.8, 4) is 0 Å². The van der Waals surface area contributed by atoms with E-state index in [1.807, 2.05) is 13.8 Å². The van der Waals surface area contributed by atoms with Gasteiger partial charge < -0.3 is 15.4 Å². The number of carbonyl (C=O) groups is 1. The fourth-order valence-electron chi connectivity index (χ4n) is 3.15. The molecule has 1 aliphatic heterocycles. The lowest BCUT2D eigenvalue weighted by atomic mass is 9.79. The third-order valence-electron chi connectivity index (χ3n) is 3.24. The van der Waals surface area contributed by atoms with Gasteiger partial charge in [0.2, 0.25) is 0 Å². The highest BCUT2D eigenvalue weighted by molar-refractivity contribution is 5.82. The van der Waals surface area contributed by atoms with Crippen molar-refractivity contribution in [2.45, 2.75) is 71.5 Å². The molecule has 1 saturated heterocycles. The topological polar surface area (TPSA) is 50.4 Å². The van der Waals surface area contributed by atoms with Gasteiger partial charge in [0.1, 0.15) is 0 Å². The van der Waals surface area contributed by atoms with Crippen molar-refractivity contribution in [2.24, 2.45) is 0 Å². The van der Waals surface area contributed by atoms with E-state index in [0.717, 1.165) is 18.5 Å².